The van der Waals surface area contributed by atoms with Gasteiger partial charge in [0.25, 0.3) is 0 Å². The van der Waals surface area contributed by atoms with Crippen molar-refractivity contribution in [3.63, 3.8) is 0 Å². The molecule has 0 unspecified atom stereocenters. The van der Waals surface area contributed by atoms with Gasteiger partial charge in [-0.15, -0.1) is 23.1 Å². The van der Waals surface area contributed by atoms with Gasteiger partial charge in [-0.25, -0.2) is 0 Å². The first-order valence-electron chi connectivity index (χ1n) is 6.97. The maximum atomic E-state index is 12.3. The van der Waals surface area contributed by atoms with Crippen LogP contribution >= 0.6 is 23.1 Å². The summed E-state index contributed by atoms with van der Waals surface area (Å²) >= 11 is 3.50. The van der Waals surface area contributed by atoms with E-state index in [0.717, 1.165) is 25.2 Å². The van der Waals surface area contributed by atoms with Crippen LogP contribution in [0.25, 0.3) is 0 Å². The lowest BCUT2D eigenvalue weighted by Crippen LogP contribution is -2.38. The first-order chi connectivity index (χ1) is 10.3. The van der Waals surface area contributed by atoms with E-state index >= 15 is 0 Å². The smallest absolute Gasteiger partial charge is 0.242 e. The molecule has 0 saturated carbocycles. The normalized spacial score (nSPS) is 13.9. The summed E-state index contributed by atoms with van der Waals surface area (Å²) in [4.78, 5) is 16.9. The van der Waals surface area contributed by atoms with Crippen molar-refractivity contribution in [3.05, 3.63) is 46.2 Å². The highest BCUT2D eigenvalue weighted by molar-refractivity contribution is 7.98. The predicted molar refractivity (Wildman–Crippen MR) is 90.2 cm³/mol. The minimum absolute atomic E-state index is 0.168. The number of nitrogens with zero attached hydrogens (tertiary/aromatic N) is 1. The van der Waals surface area contributed by atoms with Crippen molar-refractivity contribution in [2.45, 2.75) is 17.9 Å². The van der Waals surface area contributed by atoms with Gasteiger partial charge in [0.05, 0.1) is 6.54 Å². The number of hydrogen-bond acceptors (Lipinski definition) is 4. The van der Waals surface area contributed by atoms with Crippen LogP contribution in [0.5, 0.6) is 0 Å². The summed E-state index contributed by atoms with van der Waals surface area (Å²) in [6, 6.07) is 10.3. The summed E-state index contributed by atoms with van der Waals surface area (Å²) in [7, 11) is 0. The van der Waals surface area contributed by atoms with Crippen molar-refractivity contribution in [1.82, 2.24) is 4.90 Å². The molecule has 0 saturated heterocycles. The van der Waals surface area contributed by atoms with E-state index in [2.05, 4.69) is 35.2 Å². The van der Waals surface area contributed by atoms with Crippen molar-refractivity contribution in [2.75, 3.05) is 24.7 Å². The summed E-state index contributed by atoms with van der Waals surface area (Å²) < 4.78 is 0. The third-order valence-corrected chi connectivity index (χ3v) is 5.42. The molecule has 21 heavy (non-hydrogen) atoms. The SMILES string of the molecule is CSc1cccc(NCC(=O)N2CCc3sccc3C2)c1. The average Bonchev–Trinajstić information content (AvgIpc) is 3.00. The largest absolute Gasteiger partial charge is 0.376 e. The molecule has 1 N–H and O–H groups in total. The summed E-state index contributed by atoms with van der Waals surface area (Å²) in [5.74, 6) is 0.168. The molecule has 0 radical (unpaired) electrons. The van der Waals surface area contributed by atoms with Gasteiger partial charge in [0.1, 0.15) is 0 Å². The Hall–Kier alpha value is -1.46. The minimum Gasteiger partial charge on any atom is -0.376 e. The topological polar surface area (TPSA) is 32.3 Å². The van der Waals surface area contributed by atoms with E-state index in [1.54, 1.807) is 23.1 Å². The number of benzene rings is 1. The third kappa shape index (κ3) is 3.41. The lowest BCUT2D eigenvalue weighted by atomic mass is 10.1. The van der Waals surface area contributed by atoms with E-state index < -0.39 is 0 Å². The maximum Gasteiger partial charge on any atom is 0.242 e. The van der Waals surface area contributed by atoms with Gasteiger partial charge in [-0.3, -0.25) is 4.79 Å². The van der Waals surface area contributed by atoms with Crippen LogP contribution in [0.1, 0.15) is 10.4 Å². The molecular formula is C16H18N2OS2. The van der Waals surface area contributed by atoms with E-state index in [-0.39, 0.29) is 5.91 Å². The average molecular weight is 318 g/mol. The van der Waals surface area contributed by atoms with E-state index in [4.69, 9.17) is 0 Å². The molecule has 1 aromatic heterocycles. The molecule has 2 aromatic rings. The maximum absolute atomic E-state index is 12.3. The van der Waals surface area contributed by atoms with Crippen molar-refractivity contribution in [3.8, 4) is 0 Å². The number of amides is 1. The third-order valence-electron chi connectivity index (χ3n) is 3.67. The van der Waals surface area contributed by atoms with Crippen LogP contribution in [0.2, 0.25) is 0 Å². The van der Waals surface area contributed by atoms with E-state index in [1.165, 1.54) is 15.3 Å². The standard InChI is InChI=1S/C16H18N2OS2/c1-20-14-4-2-3-13(9-14)17-10-16(19)18-7-5-15-12(11-18)6-8-21-15/h2-4,6,8-9,17H,5,7,10-11H2,1H3. The molecule has 3 rings (SSSR count). The van der Waals surface area contributed by atoms with Crippen LogP contribution in [-0.4, -0.2) is 30.2 Å². The number of hydrogen-bond donors (Lipinski definition) is 1. The highest BCUT2D eigenvalue weighted by Gasteiger charge is 2.20. The Morgan fingerprint density at radius 1 is 1.43 bits per heavy atom. The Balaban J connectivity index is 1.57. The van der Waals surface area contributed by atoms with Gasteiger partial charge in [0, 0.05) is 28.5 Å². The molecule has 5 heteroatoms. The van der Waals surface area contributed by atoms with E-state index in [1.807, 2.05) is 17.0 Å². The Labute approximate surface area is 133 Å². The number of fused-ring (bicyclic) bond motifs is 1. The summed E-state index contributed by atoms with van der Waals surface area (Å²) in [5, 5.41) is 5.35. The fourth-order valence-corrected chi connectivity index (χ4v) is 3.83. The van der Waals surface area contributed by atoms with Crippen LogP contribution in [0, 0.1) is 0 Å². The second-order valence-corrected chi connectivity index (χ2v) is 6.90. The zero-order valence-electron chi connectivity index (χ0n) is 12.0. The fraction of sp³-hybridized carbons (Fsp3) is 0.312. The summed E-state index contributed by atoms with van der Waals surface area (Å²) in [6.07, 6.45) is 3.04. The minimum atomic E-state index is 0.168. The van der Waals surface area contributed by atoms with Gasteiger partial charge in [0.15, 0.2) is 0 Å². The summed E-state index contributed by atoms with van der Waals surface area (Å²) in [6.45, 7) is 1.94. The van der Waals surface area contributed by atoms with Crippen molar-refractivity contribution in [2.24, 2.45) is 0 Å². The Bertz CT molecular complexity index is 639. The molecule has 1 aliphatic rings. The van der Waals surface area contributed by atoms with Gasteiger partial charge < -0.3 is 10.2 Å². The Morgan fingerprint density at radius 3 is 3.19 bits per heavy atom. The number of carbonyl (C=O) groups excluding carboxylic acids is 1. The van der Waals surface area contributed by atoms with Crippen molar-refractivity contribution < 1.29 is 4.79 Å². The molecule has 0 bridgehead atoms. The van der Waals surface area contributed by atoms with E-state index in [9.17, 15) is 4.79 Å². The number of thiophene rings is 1. The lowest BCUT2D eigenvalue weighted by Gasteiger charge is -2.27. The molecule has 110 valence electrons. The van der Waals surface area contributed by atoms with Gasteiger partial charge in [0.2, 0.25) is 5.91 Å². The van der Waals surface area contributed by atoms with Crippen LogP contribution in [0.15, 0.2) is 40.6 Å². The molecule has 0 fully saturated rings. The second kappa shape index (κ2) is 6.54. The van der Waals surface area contributed by atoms with Gasteiger partial charge in [-0.2, -0.15) is 0 Å². The van der Waals surface area contributed by atoms with Gasteiger partial charge >= 0.3 is 0 Å². The highest BCUT2D eigenvalue weighted by Crippen LogP contribution is 2.24. The Morgan fingerprint density at radius 2 is 2.33 bits per heavy atom. The van der Waals surface area contributed by atoms with Crippen molar-refractivity contribution in [1.29, 1.82) is 0 Å². The zero-order chi connectivity index (χ0) is 14.7. The first-order valence-corrected chi connectivity index (χ1v) is 9.07. The molecular weight excluding hydrogens is 300 g/mol. The quantitative estimate of drug-likeness (QED) is 0.876. The number of anilines is 1. The molecule has 0 spiro atoms. The number of rotatable bonds is 4. The number of carbonyl (C=O) groups is 1. The second-order valence-electron chi connectivity index (χ2n) is 5.02. The molecule has 0 atom stereocenters. The van der Waals surface area contributed by atoms with E-state index in [0.29, 0.717) is 6.54 Å². The Kier molecular flexibility index (Phi) is 4.51. The fourth-order valence-electron chi connectivity index (χ4n) is 2.48. The van der Waals surface area contributed by atoms with Crippen LogP contribution < -0.4 is 5.32 Å². The van der Waals surface area contributed by atoms with Crippen molar-refractivity contribution >= 4 is 34.7 Å². The monoisotopic (exact) mass is 318 g/mol. The van der Waals surface area contributed by atoms with Crippen LogP contribution in [0.4, 0.5) is 5.69 Å². The zero-order valence-corrected chi connectivity index (χ0v) is 13.6. The molecule has 1 aliphatic heterocycles. The highest BCUT2D eigenvalue weighted by atomic mass is 32.2. The molecule has 2 heterocycles. The van der Waals surface area contributed by atoms with Gasteiger partial charge in [-0.05, 0) is 47.9 Å². The number of thioether (sulfide) groups is 1. The van der Waals surface area contributed by atoms with Crippen LogP contribution in [0.3, 0.4) is 0 Å². The molecule has 3 nitrogen and oxygen atoms in total. The summed E-state index contributed by atoms with van der Waals surface area (Å²) in [5.41, 5.74) is 2.31. The van der Waals surface area contributed by atoms with Gasteiger partial charge in [-0.1, -0.05) is 6.07 Å². The number of nitrogens with one attached hydrogen (secondary N) is 1. The molecule has 0 aliphatic carbocycles. The molecule has 1 amide bonds. The lowest BCUT2D eigenvalue weighted by molar-refractivity contribution is -0.130. The predicted octanol–water partition coefficient (Wildman–Crippen LogP) is 3.47. The van der Waals surface area contributed by atoms with Crippen LogP contribution in [-0.2, 0) is 17.8 Å². The first kappa shape index (κ1) is 14.5. The molecule has 1 aromatic carbocycles.